The number of carbonyl (C=O) groups is 3. The summed E-state index contributed by atoms with van der Waals surface area (Å²) in [5, 5.41) is 8.84. The van der Waals surface area contributed by atoms with Crippen LogP contribution in [0.2, 0.25) is 0 Å². The van der Waals surface area contributed by atoms with Gasteiger partial charge in [0.15, 0.2) is 12.4 Å². The van der Waals surface area contributed by atoms with Crippen molar-refractivity contribution in [1.29, 1.82) is 0 Å². The van der Waals surface area contributed by atoms with Crippen LogP contribution < -0.4 is 0 Å². The van der Waals surface area contributed by atoms with Crippen LogP contribution in [0.3, 0.4) is 0 Å². The van der Waals surface area contributed by atoms with Crippen LogP contribution in [-0.4, -0.2) is 35.4 Å². The molecule has 21 heavy (non-hydrogen) atoms. The van der Waals surface area contributed by atoms with E-state index in [1.54, 1.807) is 24.3 Å². The van der Waals surface area contributed by atoms with Crippen LogP contribution >= 0.6 is 0 Å². The van der Waals surface area contributed by atoms with Crippen molar-refractivity contribution in [3.05, 3.63) is 35.9 Å². The first kappa shape index (κ1) is 15.0. The van der Waals surface area contributed by atoms with E-state index in [2.05, 4.69) is 4.74 Å². The normalized spacial score (nSPS) is 20.9. The maximum atomic E-state index is 11.8. The zero-order valence-electron chi connectivity index (χ0n) is 11.1. The molecule has 0 bridgehead atoms. The zero-order valence-corrected chi connectivity index (χ0v) is 11.1. The molecule has 0 amide bonds. The van der Waals surface area contributed by atoms with Gasteiger partial charge in [0, 0.05) is 0 Å². The first-order valence-corrected chi connectivity index (χ1v) is 6.24. The first-order chi connectivity index (χ1) is 10.0. The largest absolute Gasteiger partial charge is 0.481 e. The Morgan fingerprint density at radius 1 is 1.24 bits per heavy atom. The highest BCUT2D eigenvalue weighted by Crippen LogP contribution is 2.28. The number of carboxylic acid groups (broad SMARTS) is 1. The summed E-state index contributed by atoms with van der Waals surface area (Å²) in [7, 11) is 0. The third kappa shape index (κ3) is 3.79. The molecule has 1 aromatic carbocycles. The number of cyclic esters (lactones) is 1. The lowest BCUT2D eigenvalue weighted by atomic mass is 9.96. The summed E-state index contributed by atoms with van der Waals surface area (Å²) < 4.78 is 14.7. The van der Waals surface area contributed by atoms with Crippen molar-refractivity contribution in [3.8, 4) is 0 Å². The van der Waals surface area contributed by atoms with Crippen molar-refractivity contribution < 1.29 is 33.7 Å². The minimum atomic E-state index is -1.79. The van der Waals surface area contributed by atoms with Crippen LogP contribution in [0.5, 0.6) is 0 Å². The van der Waals surface area contributed by atoms with Crippen LogP contribution in [0.4, 0.5) is 0 Å². The van der Waals surface area contributed by atoms with E-state index in [-0.39, 0.29) is 13.4 Å². The van der Waals surface area contributed by atoms with Gasteiger partial charge in [-0.05, 0) is 5.56 Å². The van der Waals surface area contributed by atoms with Crippen molar-refractivity contribution >= 4 is 17.9 Å². The Kier molecular flexibility index (Phi) is 4.54. The molecule has 1 aliphatic rings. The second-order valence-electron chi connectivity index (χ2n) is 4.58. The lowest BCUT2D eigenvalue weighted by molar-refractivity contribution is -0.161. The Morgan fingerprint density at radius 2 is 1.95 bits per heavy atom. The molecule has 0 aromatic heterocycles. The second kappa shape index (κ2) is 6.36. The van der Waals surface area contributed by atoms with Crippen molar-refractivity contribution in [1.82, 2.24) is 0 Å². The molecule has 1 atom stereocenters. The fraction of sp³-hybridized carbons (Fsp3) is 0.357. The summed E-state index contributed by atoms with van der Waals surface area (Å²) >= 11 is 0. The molecule has 1 aromatic rings. The van der Waals surface area contributed by atoms with Crippen molar-refractivity contribution in [2.45, 2.75) is 25.0 Å². The van der Waals surface area contributed by atoms with Crippen molar-refractivity contribution in [3.63, 3.8) is 0 Å². The molecule has 112 valence electrons. The molecule has 1 aliphatic heterocycles. The average molecular weight is 294 g/mol. The maximum Gasteiger partial charge on any atom is 0.341 e. The third-order valence-electron chi connectivity index (χ3n) is 3.01. The SMILES string of the molecule is O=C(O)CC1(CC(=O)OCc2ccccc2)OCOC1=O. The third-order valence-corrected chi connectivity index (χ3v) is 3.01. The summed E-state index contributed by atoms with van der Waals surface area (Å²) in [5.74, 6) is -2.84. The van der Waals surface area contributed by atoms with Gasteiger partial charge in [0.1, 0.15) is 6.61 Å². The summed E-state index contributed by atoms with van der Waals surface area (Å²) in [6, 6.07) is 8.98. The van der Waals surface area contributed by atoms with Gasteiger partial charge in [0.05, 0.1) is 12.8 Å². The van der Waals surface area contributed by atoms with Gasteiger partial charge in [-0.15, -0.1) is 0 Å². The fourth-order valence-corrected chi connectivity index (χ4v) is 1.96. The van der Waals surface area contributed by atoms with Crippen LogP contribution in [-0.2, 0) is 35.2 Å². The molecule has 1 fully saturated rings. The smallest absolute Gasteiger partial charge is 0.341 e. The Labute approximate surface area is 120 Å². The topological polar surface area (TPSA) is 99.1 Å². The van der Waals surface area contributed by atoms with Crippen molar-refractivity contribution in [2.75, 3.05) is 6.79 Å². The van der Waals surface area contributed by atoms with Gasteiger partial charge in [-0.25, -0.2) is 4.79 Å². The highest BCUT2D eigenvalue weighted by Gasteiger charge is 2.50. The summed E-state index contributed by atoms with van der Waals surface area (Å²) in [6.45, 7) is -0.323. The Morgan fingerprint density at radius 3 is 2.52 bits per heavy atom. The van der Waals surface area contributed by atoms with E-state index in [9.17, 15) is 14.4 Å². The van der Waals surface area contributed by atoms with Gasteiger partial charge in [0.25, 0.3) is 0 Å². The van der Waals surface area contributed by atoms with Gasteiger partial charge in [-0.2, -0.15) is 0 Å². The highest BCUT2D eigenvalue weighted by atomic mass is 16.7. The number of rotatable bonds is 6. The molecule has 1 unspecified atom stereocenters. The molecule has 0 aliphatic carbocycles. The number of carbonyl (C=O) groups excluding carboxylic acids is 2. The fourth-order valence-electron chi connectivity index (χ4n) is 1.96. The number of aliphatic carboxylic acids is 1. The van der Waals surface area contributed by atoms with Crippen LogP contribution in [0.25, 0.3) is 0 Å². The summed E-state index contributed by atoms with van der Waals surface area (Å²) in [6.07, 6.45) is -1.14. The molecule has 2 rings (SSSR count). The zero-order chi connectivity index (χ0) is 15.3. The minimum absolute atomic E-state index is 0.0396. The monoisotopic (exact) mass is 294 g/mol. The Bertz CT molecular complexity index is 540. The molecule has 0 spiro atoms. The number of esters is 2. The summed E-state index contributed by atoms with van der Waals surface area (Å²) in [4.78, 5) is 34.3. The molecule has 1 heterocycles. The number of hydrogen-bond donors (Lipinski definition) is 1. The molecule has 0 saturated carbocycles. The minimum Gasteiger partial charge on any atom is -0.481 e. The quantitative estimate of drug-likeness (QED) is 0.777. The van der Waals surface area contributed by atoms with E-state index < -0.39 is 36.4 Å². The van der Waals surface area contributed by atoms with Gasteiger partial charge in [-0.3, -0.25) is 9.59 Å². The van der Waals surface area contributed by atoms with Crippen molar-refractivity contribution in [2.24, 2.45) is 0 Å². The van der Waals surface area contributed by atoms with Crippen LogP contribution in [0, 0.1) is 0 Å². The lowest BCUT2D eigenvalue weighted by Gasteiger charge is -2.20. The average Bonchev–Trinajstić information content (AvgIpc) is 2.78. The van der Waals surface area contributed by atoms with E-state index in [4.69, 9.17) is 14.6 Å². The standard InChI is InChI=1S/C14H14O7/c15-11(16)6-14(13(18)20-9-21-14)7-12(17)19-8-10-4-2-1-3-5-10/h1-5H,6-9H2,(H,15,16). The van der Waals surface area contributed by atoms with Gasteiger partial charge in [0.2, 0.25) is 0 Å². The molecule has 0 radical (unpaired) electrons. The van der Waals surface area contributed by atoms with E-state index in [1.165, 1.54) is 0 Å². The van der Waals surface area contributed by atoms with Gasteiger partial charge >= 0.3 is 17.9 Å². The molecule has 7 heteroatoms. The van der Waals surface area contributed by atoms with Crippen LogP contribution in [0.1, 0.15) is 18.4 Å². The number of benzene rings is 1. The lowest BCUT2D eigenvalue weighted by Crippen LogP contribution is -2.41. The molecule has 1 N–H and O–H groups in total. The first-order valence-electron chi connectivity index (χ1n) is 6.24. The highest BCUT2D eigenvalue weighted by molar-refractivity contribution is 5.90. The second-order valence-corrected chi connectivity index (χ2v) is 4.58. The van der Waals surface area contributed by atoms with Crippen LogP contribution in [0.15, 0.2) is 30.3 Å². The van der Waals surface area contributed by atoms with E-state index in [1.807, 2.05) is 6.07 Å². The Balaban J connectivity index is 1.95. The van der Waals surface area contributed by atoms with Gasteiger partial charge in [-0.1, -0.05) is 30.3 Å². The number of hydrogen-bond acceptors (Lipinski definition) is 6. The predicted octanol–water partition coefficient (Wildman–Crippen LogP) is 0.864. The van der Waals surface area contributed by atoms with E-state index in [0.717, 1.165) is 5.56 Å². The Hall–Kier alpha value is -2.41. The molecule has 1 saturated heterocycles. The predicted molar refractivity (Wildman–Crippen MR) is 67.9 cm³/mol. The van der Waals surface area contributed by atoms with Gasteiger partial charge < -0.3 is 19.3 Å². The number of ether oxygens (including phenoxy) is 3. The number of carboxylic acids is 1. The summed E-state index contributed by atoms with van der Waals surface area (Å²) in [5.41, 5.74) is -1.01. The van der Waals surface area contributed by atoms with E-state index >= 15 is 0 Å². The molecular weight excluding hydrogens is 280 g/mol. The van der Waals surface area contributed by atoms with E-state index in [0.29, 0.717) is 0 Å². The molecule has 7 nitrogen and oxygen atoms in total. The molecular formula is C14H14O7. The maximum absolute atomic E-state index is 11.8.